The smallest absolute Gasteiger partial charge is 0.264 e. The van der Waals surface area contributed by atoms with Gasteiger partial charge in [0.1, 0.15) is 5.75 Å². The van der Waals surface area contributed by atoms with Gasteiger partial charge in [-0.2, -0.15) is 4.98 Å². The first-order valence-corrected chi connectivity index (χ1v) is 7.48. The molecule has 1 aromatic carbocycles. The summed E-state index contributed by atoms with van der Waals surface area (Å²) in [7, 11) is 0. The van der Waals surface area contributed by atoms with Crippen molar-refractivity contribution in [2.75, 3.05) is 0 Å². The van der Waals surface area contributed by atoms with Crippen LogP contribution in [0.4, 0.5) is 0 Å². The molecule has 21 heavy (non-hydrogen) atoms. The summed E-state index contributed by atoms with van der Waals surface area (Å²) in [5, 5.41) is 3.94. The molecule has 0 aliphatic heterocycles. The van der Waals surface area contributed by atoms with Gasteiger partial charge in [0.05, 0.1) is 0 Å². The molecule has 1 aliphatic carbocycles. The van der Waals surface area contributed by atoms with Gasteiger partial charge in [0.25, 0.3) is 5.89 Å². The molecule has 2 N–H and O–H groups in total. The minimum atomic E-state index is 0.119. The van der Waals surface area contributed by atoms with Crippen molar-refractivity contribution in [2.24, 2.45) is 5.73 Å². The van der Waals surface area contributed by atoms with Crippen LogP contribution in [0.25, 0.3) is 0 Å². The Morgan fingerprint density at radius 2 is 2.29 bits per heavy atom. The van der Waals surface area contributed by atoms with Crippen LogP contribution < -0.4 is 10.5 Å². The van der Waals surface area contributed by atoms with E-state index in [-0.39, 0.29) is 12.0 Å². The zero-order chi connectivity index (χ0) is 14.8. The highest BCUT2D eigenvalue weighted by atomic mass is 16.5. The average Bonchev–Trinajstić information content (AvgIpc) is 2.95. The second-order valence-electron chi connectivity index (χ2n) is 5.81. The van der Waals surface area contributed by atoms with Crippen molar-refractivity contribution in [3.05, 3.63) is 41.0 Å². The fourth-order valence-electron chi connectivity index (χ4n) is 2.69. The highest BCUT2D eigenvalue weighted by molar-refractivity contribution is 5.43. The van der Waals surface area contributed by atoms with Crippen molar-refractivity contribution in [3.63, 3.8) is 0 Å². The molecule has 2 aromatic rings. The summed E-state index contributed by atoms with van der Waals surface area (Å²) >= 11 is 0. The van der Waals surface area contributed by atoms with E-state index in [2.05, 4.69) is 16.2 Å². The van der Waals surface area contributed by atoms with Gasteiger partial charge in [-0.15, -0.1) is 0 Å². The van der Waals surface area contributed by atoms with Crippen molar-refractivity contribution in [3.8, 4) is 5.75 Å². The standard InChI is InChI=1S/C16H21N3O2/c1-10(2)16-18-15(21-19-16)9-20-14-8-4-5-11-12(14)6-3-7-13(11)17/h4-5,8,10,13H,3,6-7,9,17H2,1-2H3. The van der Waals surface area contributed by atoms with Gasteiger partial charge >= 0.3 is 0 Å². The minimum absolute atomic E-state index is 0.119. The fourth-order valence-corrected chi connectivity index (χ4v) is 2.69. The number of nitrogens with two attached hydrogens (primary N) is 1. The molecule has 0 bridgehead atoms. The molecule has 0 spiro atoms. The lowest BCUT2D eigenvalue weighted by atomic mass is 9.88. The first-order chi connectivity index (χ1) is 10.1. The maximum absolute atomic E-state index is 6.16. The summed E-state index contributed by atoms with van der Waals surface area (Å²) in [6, 6.07) is 6.19. The number of benzene rings is 1. The molecule has 0 radical (unpaired) electrons. The van der Waals surface area contributed by atoms with E-state index in [1.807, 2.05) is 26.0 Å². The molecule has 5 nitrogen and oxygen atoms in total. The Labute approximate surface area is 124 Å². The van der Waals surface area contributed by atoms with Gasteiger partial charge in [-0.3, -0.25) is 0 Å². The summed E-state index contributed by atoms with van der Waals surface area (Å²) in [6.45, 7) is 4.36. The normalized spacial score (nSPS) is 17.8. The lowest BCUT2D eigenvalue weighted by molar-refractivity contribution is 0.239. The number of rotatable bonds is 4. The fraction of sp³-hybridized carbons (Fsp3) is 0.500. The van der Waals surface area contributed by atoms with E-state index >= 15 is 0 Å². The van der Waals surface area contributed by atoms with Crippen LogP contribution in [0.1, 0.15) is 61.5 Å². The van der Waals surface area contributed by atoms with Gasteiger partial charge in [0, 0.05) is 12.0 Å². The predicted octanol–water partition coefficient (Wildman–Crippen LogP) is 3.11. The zero-order valence-corrected chi connectivity index (χ0v) is 12.5. The van der Waals surface area contributed by atoms with Gasteiger partial charge in [-0.05, 0) is 36.5 Å². The number of nitrogens with zero attached hydrogens (tertiary/aromatic N) is 2. The Kier molecular flexibility index (Phi) is 3.92. The Morgan fingerprint density at radius 1 is 1.43 bits per heavy atom. The van der Waals surface area contributed by atoms with Gasteiger partial charge in [0.2, 0.25) is 0 Å². The number of aromatic nitrogens is 2. The topological polar surface area (TPSA) is 74.2 Å². The van der Waals surface area contributed by atoms with Crippen LogP contribution in [0.2, 0.25) is 0 Å². The highest BCUT2D eigenvalue weighted by Crippen LogP contribution is 2.34. The van der Waals surface area contributed by atoms with E-state index in [9.17, 15) is 0 Å². The number of ether oxygens (including phenoxy) is 1. The number of fused-ring (bicyclic) bond motifs is 1. The zero-order valence-electron chi connectivity index (χ0n) is 12.5. The second kappa shape index (κ2) is 5.85. The van der Waals surface area contributed by atoms with Crippen LogP contribution in [0.5, 0.6) is 5.75 Å². The Morgan fingerprint density at radius 3 is 3.05 bits per heavy atom. The Balaban J connectivity index is 1.74. The van der Waals surface area contributed by atoms with Gasteiger partial charge in [0.15, 0.2) is 12.4 Å². The molecule has 1 aromatic heterocycles. The number of hydrogen-bond donors (Lipinski definition) is 1. The van der Waals surface area contributed by atoms with E-state index in [0.717, 1.165) is 25.0 Å². The third-order valence-corrected chi connectivity index (χ3v) is 3.86. The molecule has 1 unspecified atom stereocenters. The van der Waals surface area contributed by atoms with Crippen LogP contribution in [0, 0.1) is 0 Å². The molecule has 5 heteroatoms. The monoisotopic (exact) mass is 287 g/mol. The molecular weight excluding hydrogens is 266 g/mol. The maximum atomic E-state index is 6.16. The summed E-state index contributed by atoms with van der Waals surface area (Å²) in [5.74, 6) is 2.36. The Hall–Kier alpha value is -1.88. The summed E-state index contributed by atoms with van der Waals surface area (Å²) in [4.78, 5) is 4.32. The third kappa shape index (κ3) is 2.93. The largest absolute Gasteiger partial charge is 0.483 e. The molecule has 1 atom stereocenters. The van der Waals surface area contributed by atoms with Crippen molar-refractivity contribution in [1.29, 1.82) is 0 Å². The lowest BCUT2D eigenvalue weighted by Crippen LogP contribution is -2.18. The van der Waals surface area contributed by atoms with Crippen molar-refractivity contribution >= 4 is 0 Å². The van der Waals surface area contributed by atoms with E-state index in [1.54, 1.807) is 0 Å². The molecule has 3 rings (SSSR count). The number of hydrogen-bond acceptors (Lipinski definition) is 5. The quantitative estimate of drug-likeness (QED) is 0.935. The van der Waals surface area contributed by atoms with Crippen LogP contribution >= 0.6 is 0 Å². The average molecular weight is 287 g/mol. The van der Waals surface area contributed by atoms with Crippen LogP contribution in [0.3, 0.4) is 0 Å². The predicted molar refractivity (Wildman–Crippen MR) is 79.0 cm³/mol. The van der Waals surface area contributed by atoms with Crippen LogP contribution in [-0.4, -0.2) is 10.1 Å². The maximum Gasteiger partial charge on any atom is 0.264 e. The highest BCUT2D eigenvalue weighted by Gasteiger charge is 2.20. The molecular formula is C16H21N3O2. The molecule has 0 saturated carbocycles. The van der Waals surface area contributed by atoms with E-state index in [4.69, 9.17) is 15.0 Å². The molecule has 1 heterocycles. The Bertz CT molecular complexity index is 622. The third-order valence-electron chi connectivity index (χ3n) is 3.86. The first-order valence-electron chi connectivity index (χ1n) is 7.48. The first kappa shape index (κ1) is 14.1. The van der Waals surface area contributed by atoms with E-state index in [1.165, 1.54) is 11.1 Å². The van der Waals surface area contributed by atoms with Gasteiger partial charge < -0.3 is 15.0 Å². The second-order valence-corrected chi connectivity index (χ2v) is 5.81. The molecule has 0 amide bonds. The summed E-state index contributed by atoms with van der Waals surface area (Å²) < 4.78 is 11.1. The van der Waals surface area contributed by atoms with Gasteiger partial charge in [-0.1, -0.05) is 31.1 Å². The molecule has 1 aliphatic rings. The minimum Gasteiger partial charge on any atom is -0.483 e. The van der Waals surface area contributed by atoms with Crippen molar-refractivity contribution < 1.29 is 9.26 Å². The van der Waals surface area contributed by atoms with E-state index < -0.39 is 0 Å². The van der Waals surface area contributed by atoms with Crippen molar-refractivity contribution in [1.82, 2.24) is 10.1 Å². The van der Waals surface area contributed by atoms with Crippen molar-refractivity contribution in [2.45, 2.75) is 51.7 Å². The lowest BCUT2D eigenvalue weighted by Gasteiger charge is -2.24. The summed E-state index contributed by atoms with van der Waals surface area (Å²) in [6.07, 6.45) is 3.16. The molecule has 0 saturated heterocycles. The van der Waals surface area contributed by atoms with E-state index in [0.29, 0.717) is 18.3 Å². The summed E-state index contributed by atoms with van der Waals surface area (Å²) in [5.41, 5.74) is 8.59. The SMILES string of the molecule is CC(C)c1noc(COc2cccc3c2CCCC3N)n1. The van der Waals surface area contributed by atoms with Gasteiger partial charge in [-0.25, -0.2) is 0 Å². The molecule has 112 valence electrons. The van der Waals surface area contributed by atoms with Crippen LogP contribution in [0.15, 0.2) is 22.7 Å². The van der Waals surface area contributed by atoms with Crippen LogP contribution in [-0.2, 0) is 13.0 Å². The molecule has 0 fully saturated rings.